The Morgan fingerprint density at radius 3 is 2.85 bits per heavy atom. The van der Waals surface area contributed by atoms with Crippen molar-refractivity contribution in [3.63, 3.8) is 0 Å². The highest BCUT2D eigenvalue weighted by molar-refractivity contribution is 9.10. The van der Waals surface area contributed by atoms with E-state index in [9.17, 15) is 9.59 Å². The molecule has 2 atom stereocenters. The van der Waals surface area contributed by atoms with Crippen LogP contribution < -0.4 is 10.1 Å². The minimum absolute atomic E-state index is 0.0605. The minimum Gasteiger partial charge on any atom is -0.484 e. The number of rotatable bonds is 5. The van der Waals surface area contributed by atoms with Gasteiger partial charge < -0.3 is 15.2 Å². The van der Waals surface area contributed by atoms with Crippen molar-refractivity contribution in [2.75, 3.05) is 6.61 Å². The number of hydrogen-bond acceptors (Lipinski definition) is 3. The maximum Gasteiger partial charge on any atom is 0.306 e. The fourth-order valence-corrected chi connectivity index (χ4v) is 2.69. The third kappa shape index (κ3) is 4.23. The molecule has 0 aliphatic heterocycles. The SMILES string of the molecule is O=C(COc1cccc(Br)c1)NC1CCC(C(=O)O)C1. The summed E-state index contributed by atoms with van der Waals surface area (Å²) in [6, 6.07) is 7.19. The normalized spacial score (nSPS) is 21.4. The Morgan fingerprint density at radius 1 is 1.40 bits per heavy atom. The Balaban J connectivity index is 1.75. The second-order valence-electron chi connectivity index (χ2n) is 4.86. The number of nitrogens with one attached hydrogen (secondary N) is 1. The average Bonchev–Trinajstić information content (AvgIpc) is 2.85. The Morgan fingerprint density at radius 2 is 2.20 bits per heavy atom. The molecular weight excluding hydrogens is 326 g/mol. The fourth-order valence-electron chi connectivity index (χ4n) is 2.31. The zero-order chi connectivity index (χ0) is 14.5. The van der Waals surface area contributed by atoms with E-state index in [1.165, 1.54) is 0 Å². The van der Waals surface area contributed by atoms with Gasteiger partial charge in [-0.15, -0.1) is 0 Å². The Labute approximate surface area is 125 Å². The van der Waals surface area contributed by atoms with Gasteiger partial charge in [-0.2, -0.15) is 0 Å². The van der Waals surface area contributed by atoms with Crippen molar-refractivity contribution in [2.45, 2.75) is 25.3 Å². The van der Waals surface area contributed by atoms with Crippen LogP contribution in [-0.4, -0.2) is 29.6 Å². The van der Waals surface area contributed by atoms with Gasteiger partial charge in [0.25, 0.3) is 5.91 Å². The maximum atomic E-state index is 11.7. The molecule has 2 N–H and O–H groups in total. The first-order valence-electron chi connectivity index (χ1n) is 6.45. The molecule has 0 aromatic heterocycles. The average molecular weight is 342 g/mol. The summed E-state index contributed by atoms with van der Waals surface area (Å²) < 4.78 is 6.26. The van der Waals surface area contributed by atoms with E-state index < -0.39 is 5.97 Å². The molecule has 0 spiro atoms. The van der Waals surface area contributed by atoms with Gasteiger partial charge >= 0.3 is 5.97 Å². The predicted octanol–water partition coefficient (Wildman–Crippen LogP) is 2.20. The molecule has 2 unspecified atom stereocenters. The quantitative estimate of drug-likeness (QED) is 0.860. The fraction of sp³-hybridized carbons (Fsp3) is 0.429. The number of ether oxygens (including phenoxy) is 1. The second kappa shape index (κ2) is 6.74. The number of carbonyl (C=O) groups is 2. The van der Waals surface area contributed by atoms with Crippen LogP contribution in [0.5, 0.6) is 5.75 Å². The summed E-state index contributed by atoms with van der Waals surface area (Å²) in [6.07, 6.45) is 1.82. The van der Waals surface area contributed by atoms with Crippen LogP contribution in [0.4, 0.5) is 0 Å². The number of amides is 1. The van der Waals surface area contributed by atoms with Gasteiger partial charge in [-0.1, -0.05) is 22.0 Å². The van der Waals surface area contributed by atoms with E-state index in [1.807, 2.05) is 12.1 Å². The summed E-state index contributed by atoms with van der Waals surface area (Å²) in [5, 5.41) is 11.7. The van der Waals surface area contributed by atoms with Crippen LogP contribution >= 0.6 is 15.9 Å². The highest BCUT2D eigenvalue weighted by Gasteiger charge is 2.30. The number of benzene rings is 1. The number of aliphatic carboxylic acids is 1. The zero-order valence-corrected chi connectivity index (χ0v) is 12.4. The van der Waals surface area contributed by atoms with Crippen molar-refractivity contribution in [3.05, 3.63) is 28.7 Å². The van der Waals surface area contributed by atoms with Gasteiger partial charge in [0.1, 0.15) is 5.75 Å². The van der Waals surface area contributed by atoms with Crippen molar-refractivity contribution < 1.29 is 19.4 Å². The molecule has 0 radical (unpaired) electrons. The van der Waals surface area contributed by atoms with Gasteiger partial charge in [0.15, 0.2) is 6.61 Å². The summed E-state index contributed by atoms with van der Waals surface area (Å²) in [7, 11) is 0. The summed E-state index contributed by atoms with van der Waals surface area (Å²) >= 11 is 3.32. The van der Waals surface area contributed by atoms with Crippen molar-refractivity contribution in [1.82, 2.24) is 5.32 Å². The lowest BCUT2D eigenvalue weighted by atomic mass is 10.1. The predicted molar refractivity (Wildman–Crippen MR) is 76.5 cm³/mol. The lowest BCUT2D eigenvalue weighted by Crippen LogP contribution is -2.36. The van der Waals surface area contributed by atoms with Gasteiger partial charge in [-0.25, -0.2) is 0 Å². The van der Waals surface area contributed by atoms with Gasteiger partial charge in [0, 0.05) is 10.5 Å². The van der Waals surface area contributed by atoms with Gasteiger partial charge in [0.2, 0.25) is 0 Å². The van der Waals surface area contributed by atoms with Crippen molar-refractivity contribution in [3.8, 4) is 5.75 Å². The van der Waals surface area contributed by atoms with Crippen LogP contribution in [0.2, 0.25) is 0 Å². The molecular formula is C14H16BrNO4. The third-order valence-corrected chi connectivity index (χ3v) is 3.81. The molecule has 1 aromatic rings. The first-order valence-corrected chi connectivity index (χ1v) is 7.24. The number of carboxylic acids is 1. The van der Waals surface area contributed by atoms with E-state index in [-0.39, 0.29) is 24.5 Å². The van der Waals surface area contributed by atoms with Crippen LogP contribution in [-0.2, 0) is 9.59 Å². The largest absolute Gasteiger partial charge is 0.484 e. The highest BCUT2D eigenvalue weighted by Crippen LogP contribution is 2.25. The summed E-state index contributed by atoms with van der Waals surface area (Å²) in [5.41, 5.74) is 0. The Bertz CT molecular complexity index is 506. The van der Waals surface area contributed by atoms with Crippen molar-refractivity contribution in [2.24, 2.45) is 5.92 Å². The van der Waals surface area contributed by atoms with Gasteiger partial charge in [0.05, 0.1) is 5.92 Å². The number of carboxylic acid groups (broad SMARTS) is 1. The summed E-state index contributed by atoms with van der Waals surface area (Å²) in [5.74, 6) is -0.733. The number of carbonyl (C=O) groups excluding carboxylic acids is 1. The van der Waals surface area contributed by atoms with E-state index in [1.54, 1.807) is 12.1 Å². The number of halogens is 1. The molecule has 1 fully saturated rings. The molecule has 1 aliphatic rings. The molecule has 1 amide bonds. The van der Waals surface area contributed by atoms with Crippen LogP contribution in [0.25, 0.3) is 0 Å². The topological polar surface area (TPSA) is 75.6 Å². The molecule has 2 rings (SSSR count). The molecule has 20 heavy (non-hydrogen) atoms. The van der Waals surface area contributed by atoms with Crippen molar-refractivity contribution in [1.29, 1.82) is 0 Å². The Hall–Kier alpha value is -1.56. The van der Waals surface area contributed by atoms with Crippen LogP contribution in [0.15, 0.2) is 28.7 Å². The van der Waals surface area contributed by atoms with E-state index in [4.69, 9.17) is 9.84 Å². The van der Waals surface area contributed by atoms with E-state index in [0.717, 1.165) is 4.47 Å². The van der Waals surface area contributed by atoms with Crippen LogP contribution in [0.3, 0.4) is 0 Å². The first-order chi connectivity index (χ1) is 9.54. The van der Waals surface area contributed by atoms with Gasteiger partial charge in [-0.3, -0.25) is 9.59 Å². The minimum atomic E-state index is -0.785. The molecule has 0 saturated heterocycles. The number of hydrogen-bond donors (Lipinski definition) is 2. The van der Waals surface area contributed by atoms with Crippen LogP contribution in [0.1, 0.15) is 19.3 Å². The molecule has 1 aromatic carbocycles. The third-order valence-electron chi connectivity index (χ3n) is 3.31. The van der Waals surface area contributed by atoms with Crippen molar-refractivity contribution >= 4 is 27.8 Å². The Kier molecular flexibility index (Phi) is 5.00. The highest BCUT2D eigenvalue weighted by atomic mass is 79.9. The van der Waals surface area contributed by atoms with E-state index >= 15 is 0 Å². The summed E-state index contributed by atoms with van der Waals surface area (Å²) in [4.78, 5) is 22.6. The monoisotopic (exact) mass is 341 g/mol. The molecule has 108 valence electrons. The first kappa shape index (κ1) is 14.8. The lowest BCUT2D eigenvalue weighted by molar-refractivity contribution is -0.141. The van der Waals surface area contributed by atoms with Gasteiger partial charge in [-0.05, 0) is 37.5 Å². The molecule has 1 aliphatic carbocycles. The summed E-state index contributed by atoms with van der Waals surface area (Å²) in [6.45, 7) is -0.0648. The van der Waals surface area contributed by atoms with E-state index in [2.05, 4.69) is 21.2 Å². The zero-order valence-electron chi connectivity index (χ0n) is 10.8. The molecule has 5 nitrogen and oxygen atoms in total. The van der Waals surface area contributed by atoms with E-state index in [0.29, 0.717) is 25.0 Å². The van der Waals surface area contributed by atoms with Crippen LogP contribution in [0, 0.1) is 5.92 Å². The maximum absolute atomic E-state index is 11.7. The molecule has 1 saturated carbocycles. The lowest BCUT2D eigenvalue weighted by Gasteiger charge is -2.13. The second-order valence-corrected chi connectivity index (χ2v) is 5.77. The molecule has 6 heteroatoms. The molecule has 0 bridgehead atoms. The standard InChI is InChI=1S/C14H16BrNO4/c15-10-2-1-3-12(7-10)20-8-13(17)16-11-5-4-9(6-11)14(18)19/h1-3,7,9,11H,4-6,8H2,(H,16,17)(H,18,19). The molecule has 0 heterocycles. The smallest absolute Gasteiger partial charge is 0.306 e.